The van der Waals surface area contributed by atoms with Gasteiger partial charge in [0, 0.05) is 17.6 Å². The number of carbonyl (C=O) groups excluding carboxylic acids is 1. The highest BCUT2D eigenvalue weighted by molar-refractivity contribution is 6.31. The number of rotatable bonds is 7. The van der Waals surface area contributed by atoms with E-state index in [2.05, 4.69) is 17.6 Å². The van der Waals surface area contributed by atoms with Crippen LogP contribution < -0.4 is 10.6 Å². The lowest BCUT2D eigenvalue weighted by Crippen LogP contribution is -2.40. The van der Waals surface area contributed by atoms with Gasteiger partial charge in [0.15, 0.2) is 0 Å². The van der Waals surface area contributed by atoms with Crippen LogP contribution in [0, 0.1) is 0 Å². The fraction of sp³-hybridized carbons (Fsp3) is 0.533. The number of halogens is 1. The lowest BCUT2D eigenvalue weighted by molar-refractivity contribution is 0.236. The van der Waals surface area contributed by atoms with Crippen LogP contribution in [0.5, 0.6) is 0 Å². The van der Waals surface area contributed by atoms with Crippen molar-refractivity contribution >= 4 is 17.6 Å². The number of urea groups is 1. The molecular formula is C15H23ClN2O. The molecule has 2 N–H and O–H groups in total. The fourth-order valence-corrected chi connectivity index (χ4v) is 2.07. The second kappa shape index (κ2) is 8.81. The minimum Gasteiger partial charge on any atom is -0.336 e. The maximum atomic E-state index is 11.7. The summed E-state index contributed by atoms with van der Waals surface area (Å²) in [5.74, 6) is 0. The van der Waals surface area contributed by atoms with E-state index in [1.54, 1.807) is 0 Å². The minimum absolute atomic E-state index is 0.135. The van der Waals surface area contributed by atoms with Crippen LogP contribution in [0.3, 0.4) is 0 Å². The number of hydrogen-bond acceptors (Lipinski definition) is 1. The van der Waals surface area contributed by atoms with Crippen molar-refractivity contribution < 1.29 is 4.79 Å². The summed E-state index contributed by atoms with van der Waals surface area (Å²) in [6.07, 6.45) is 4.59. The van der Waals surface area contributed by atoms with E-state index in [1.165, 1.54) is 12.8 Å². The number of benzene rings is 1. The second-order valence-corrected chi connectivity index (χ2v) is 5.22. The fourth-order valence-electron chi connectivity index (χ4n) is 1.86. The lowest BCUT2D eigenvalue weighted by atomic mass is 10.1. The molecule has 0 bridgehead atoms. The van der Waals surface area contributed by atoms with Crippen molar-refractivity contribution in [2.75, 3.05) is 0 Å². The lowest BCUT2D eigenvalue weighted by Gasteiger charge is -2.14. The summed E-state index contributed by atoms with van der Waals surface area (Å²) >= 11 is 6.03. The predicted octanol–water partition coefficient (Wildman–Crippen LogP) is 4.11. The molecule has 1 rings (SSSR count). The van der Waals surface area contributed by atoms with E-state index in [0.29, 0.717) is 11.6 Å². The highest BCUT2D eigenvalue weighted by Crippen LogP contribution is 2.14. The van der Waals surface area contributed by atoms with Crippen LogP contribution in [0.25, 0.3) is 0 Å². The first-order valence-corrected chi connectivity index (χ1v) is 7.29. The molecule has 0 heterocycles. The average Bonchev–Trinajstić information content (AvgIpc) is 2.38. The SMILES string of the molecule is CCCCCC(C)NC(=O)NCc1ccccc1Cl. The van der Waals surface area contributed by atoms with Crippen molar-refractivity contribution in [3.8, 4) is 0 Å². The van der Waals surface area contributed by atoms with E-state index in [4.69, 9.17) is 11.6 Å². The van der Waals surface area contributed by atoms with Gasteiger partial charge in [0.25, 0.3) is 0 Å². The number of amides is 2. The Hall–Kier alpha value is -1.22. The second-order valence-electron chi connectivity index (χ2n) is 4.82. The van der Waals surface area contributed by atoms with E-state index in [9.17, 15) is 4.79 Å². The Balaban J connectivity index is 2.26. The molecule has 0 fully saturated rings. The summed E-state index contributed by atoms with van der Waals surface area (Å²) in [4.78, 5) is 11.7. The Morgan fingerprint density at radius 2 is 2.05 bits per heavy atom. The average molecular weight is 283 g/mol. The van der Waals surface area contributed by atoms with Crippen molar-refractivity contribution in [1.29, 1.82) is 0 Å². The van der Waals surface area contributed by atoms with E-state index in [1.807, 2.05) is 31.2 Å². The molecule has 0 saturated heterocycles. The van der Waals surface area contributed by atoms with E-state index >= 15 is 0 Å². The van der Waals surface area contributed by atoms with Crippen molar-refractivity contribution in [3.63, 3.8) is 0 Å². The van der Waals surface area contributed by atoms with E-state index in [0.717, 1.165) is 18.4 Å². The molecule has 4 heteroatoms. The first kappa shape index (κ1) is 15.8. The van der Waals surface area contributed by atoms with Gasteiger partial charge in [-0.2, -0.15) is 0 Å². The van der Waals surface area contributed by atoms with Crippen LogP contribution in [-0.4, -0.2) is 12.1 Å². The van der Waals surface area contributed by atoms with Crippen LogP contribution in [0.2, 0.25) is 5.02 Å². The molecule has 0 spiro atoms. The van der Waals surface area contributed by atoms with Crippen molar-refractivity contribution in [1.82, 2.24) is 10.6 Å². The summed E-state index contributed by atoms with van der Waals surface area (Å²) in [7, 11) is 0. The van der Waals surface area contributed by atoms with Gasteiger partial charge in [0.05, 0.1) is 0 Å². The largest absolute Gasteiger partial charge is 0.336 e. The molecule has 2 amide bonds. The number of hydrogen-bond donors (Lipinski definition) is 2. The topological polar surface area (TPSA) is 41.1 Å². The summed E-state index contributed by atoms with van der Waals surface area (Å²) in [6.45, 7) is 4.66. The molecule has 0 aromatic heterocycles. The molecule has 19 heavy (non-hydrogen) atoms. The molecule has 1 aromatic rings. The Morgan fingerprint density at radius 1 is 1.32 bits per heavy atom. The van der Waals surface area contributed by atoms with Crippen LogP contribution in [0.4, 0.5) is 4.79 Å². The quantitative estimate of drug-likeness (QED) is 0.726. The smallest absolute Gasteiger partial charge is 0.315 e. The Kier molecular flexibility index (Phi) is 7.34. The zero-order valence-electron chi connectivity index (χ0n) is 11.7. The molecule has 0 saturated carbocycles. The third kappa shape index (κ3) is 6.48. The molecule has 1 unspecified atom stereocenters. The maximum Gasteiger partial charge on any atom is 0.315 e. The van der Waals surface area contributed by atoms with Crippen LogP contribution in [0.15, 0.2) is 24.3 Å². The number of nitrogens with one attached hydrogen (secondary N) is 2. The Labute approximate surface area is 120 Å². The van der Waals surface area contributed by atoms with Gasteiger partial charge in [-0.05, 0) is 25.0 Å². The molecule has 1 aromatic carbocycles. The third-order valence-corrected chi connectivity index (χ3v) is 3.38. The summed E-state index contributed by atoms with van der Waals surface area (Å²) in [6, 6.07) is 7.59. The van der Waals surface area contributed by atoms with Gasteiger partial charge in [-0.3, -0.25) is 0 Å². The highest BCUT2D eigenvalue weighted by atomic mass is 35.5. The first-order chi connectivity index (χ1) is 9.13. The standard InChI is InChI=1S/C15H23ClN2O/c1-3-4-5-8-12(2)18-15(19)17-11-13-9-6-7-10-14(13)16/h6-7,9-10,12H,3-5,8,11H2,1-2H3,(H2,17,18,19). The molecule has 106 valence electrons. The molecule has 1 atom stereocenters. The van der Waals surface area contributed by atoms with Gasteiger partial charge < -0.3 is 10.6 Å². The van der Waals surface area contributed by atoms with E-state index in [-0.39, 0.29) is 12.1 Å². The van der Waals surface area contributed by atoms with Gasteiger partial charge in [0.2, 0.25) is 0 Å². The van der Waals surface area contributed by atoms with Crippen LogP contribution >= 0.6 is 11.6 Å². The predicted molar refractivity (Wildman–Crippen MR) is 80.4 cm³/mol. The van der Waals surface area contributed by atoms with Gasteiger partial charge in [-0.1, -0.05) is 56.0 Å². The van der Waals surface area contributed by atoms with Crippen molar-refractivity contribution in [2.45, 2.75) is 52.1 Å². The maximum absolute atomic E-state index is 11.7. The van der Waals surface area contributed by atoms with Crippen molar-refractivity contribution in [3.05, 3.63) is 34.9 Å². The van der Waals surface area contributed by atoms with Gasteiger partial charge in [-0.25, -0.2) is 4.79 Å². The monoisotopic (exact) mass is 282 g/mol. The summed E-state index contributed by atoms with van der Waals surface area (Å²) < 4.78 is 0. The normalized spacial score (nSPS) is 11.9. The highest BCUT2D eigenvalue weighted by Gasteiger charge is 2.07. The summed E-state index contributed by atoms with van der Waals surface area (Å²) in [5, 5.41) is 6.44. The summed E-state index contributed by atoms with van der Waals surface area (Å²) in [5.41, 5.74) is 0.929. The van der Waals surface area contributed by atoms with Crippen molar-refractivity contribution in [2.24, 2.45) is 0 Å². The van der Waals surface area contributed by atoms with E-state index < -0.39 is 0 Å². The Morgan fingerprint density at radius 3 is 2.74 bits per heavy atom. The molecule has 0 radical (unpaired) electrons. The first-order valence-electron chi connectivity index (χ1n) is 6.91. The van der Waals surface area contributed by atoms with Crippen LogP contribution in [-0.2, 0) is 6.54 Å². The van der Waals surface area contributed by atoms with Gasteiger partial charge in [-0.15, -0.1) is 0 Å². The molecule has 0 aliphatic heterocycles. The number of carbonyl (C=O) groups is 1. The van der Waals surface area contributed by atoms with Crippen LogP contribution in [0.1, 0.15) is 45.1 Å². The third-order valence-electron chi connectivity index (χ3n) is 3.02. The molecule has 0 aliphatic carbocycles. The molecular weight excluding hydrogens is 260 g/mol. The number of unbranched alkanes of at least 4 members (excludes halogenated alkanes) is 2. The molecule has 0 aliphatic rings. The van der Waals surface area contributed by atoms with Gasteiger partial charge in [0.1, 0.15) is 0 Å². The zero-order chi connectivity index (χ0) is 14.1. The molecule has 3 nitrogen and oxygen atoms in total. The van der Waals surface area contributed by atoms with Gasteiger partial charge >= 0.3 is 6.03 Å². The zero-order valence-corrected chi connectivity index (χ0v) is 12.5. The minimum atomic E-state index is -0.135. The Bertz CT molecular complexity index is 395.